The summed E-state index contributed by atoms with van der Waals surface area (Å²) in [6.45, 7) is 8.97. The molecule has 0 spiro atoms. The smallest absolute Gasteiger partial charge is 0.262 e. The molecule has 1 amide bonds. The van der Waals surface area contributed by atoms with Crippen molar-refractivity contribution in [1.29, 1.82) is 0 Å². The number of nitrogens with zero attached hydrogens (tertiary/aromatic N) is 1. The summed E-state index contributed by atoms with van der Waals surface area (Å²) in [5, 5.41) is 13.0. The highest BCUT2D eigenvalue weighted by molar-refractivity contribution is 5.80. The number of benzene rings is 1. The lowest BCUT2D eigenvalue weighted by Crippen LogP contribution is -2.45. The summed E-state index contributed by atoms with van der Waals surface area (Å²) in [6.07, 6.45) is 1.31. The first kappa shape index (κ1) is 22.3. The van der Waals surface area contributed by atoms with E-state index in [0.717, 1.165) is 18.4 Å². The molecule has 0 radical (unpaired) electrons. The van der Waals surface area contributed by atoms with Crippen LogP contribution >= 0.6 is 0 Å². The molecule has 0 aromatic heterocycles. The second kappa shape index (κ2) is 10.4. The largest absolute Gasteiger partial charge is 0.490 e. The van der Waals surface area contributed by atoms with E-state index in [2.05, 4.69) is 12.2 Å². The first-order valence-electron chi connectivity index (χ1n) is 9.25. The predicted octanol–water partition coefficient (Wildman–Crippen LogP) is 2.58. The van der Waals surface area contributed by atoms with Crippen LogP contribution in [0.3, 0.4) is 0 Å². The van der Waals surface area contributed by atoms with Gasteiger partial charge in [-0.2, -0.15) is 0 Å². The summed E-state index contributed by atoms with van der Waals surface area (Å²) < 4.78 is 11.5. The number of aliphatic hydroxyl groups excluding tert-OH is 1. The SMILES string of the molecule is CCCC(C)(CO)NCc1ccc(OC(C)C(=O)N(C)C)c(OCC)c1. The molecule has 2 unspecified atom stereocenters. The number of nitrogens with one attached hydrogen (secondary N) is 1. The molecule has 1 rings (SSSR count). The molecule has 2 N–H and O–H groups in total. The van der Waals surface area contributed by atoms with E-state index >= 15 is 0 Å². The summed E-state index contributed by atoms with van der Waals surface area (Å²) in [6, 6.07) is 5.70. The first-order chi connectivity index (χ1) is 12.3. The molecule has 0 fully saturated rings. The van der Waals surface area contributed by atoms with Crippen LogP contribution in [0.5, 0.6) is 11.5 Å². The fraction of sp³-hybridized carbons (Fsp3) is 0.650. The quantitative estimate of drug-likeness (QED) is 0.630. The lowest BCUT2D eigenvalue weighted by molar-refractivity contribution is -0.135. The van der Waals surface area contributed by atoms with Crippen molar-refractivity contribution in [3.63, 3.8) is 0 Å². The normalized spacial score (nSPS) is 14.4. The molecule has 1 aromatic rings. The number of carbonyl (C=O) groups is 1. The minimum atomic E-state index is -0.588. The van der Waals surface area contributed by atoms with Gasteiger partial charge >= 0.3 is 0 Å². The molecule has 6 nitrogen and oxygen atoms in total. The number of hydrogen-bond donors (Lipinski definition) is 2. The van der Waals surface area contributed by atoms with Gasteiger partial charge in [-0.25, -0.2) is 0 Å². The van der Waals surface area contributed by atoms with Gasteiger partial charge in [0.2, 0.25) is 0 Å². The maximum absolute atomic E-state index is 12.0. The predicted molar refractivity (Wildman–Crippen MR) is 104 cm³/mol. The highest BCUT2D eigenvalue weighted by Gasteiger charge is 2.22. The van der Waals surface area contributed by atoms with Gasteiger partial charge in [0.15, 0.2) is 17.6 Å². The Bertz CT molecular complexity index is 577. The Hall–Kier alpha value is -1.79. The minimum Gasteiger partial charge on any atom is -0.490 e. The number of hydrogen-bond acceptors (Lipinski definition) is 5. The van der Waals surface area contributed by atoms with Gasteiger partial charge in [0, 0.05) is 26.2 Å². The average molecular weight is 367 g/mol. The maximum atomic E-state index is 12.0. The van der Waals surface area contributed by atoms with Crippen LogP contribution in [0.2, 0.25) is 0 Å². The molecule has 0 saturated carbocycles. The minimum absolute atomic E-state index is 0.0878. The van der Waals surface area contributed by atoms with Crippen LogP contribution in [0.15, 0.2) is 18.2 Å². The molecule has 26 heavy (non-hydrogen) atoms. The summed E-state index contributed by atoms with van der Waals surface area (Å²) >= 11 is 0. The molecule has 0 aliphatic carbocycles. The maximum Gasteiger partial charge on any atom is 0.262 e. The number of rotatable bonds is 11. The van der Waals surface area contributed by atoms with Crippen molar-refractivity contribution < 1.29 is 19.4 Å². The van der Waals surface area contributed by atoms with Crippen molar-refractivity contribution in [3.05, 3.63) is 23.8 Å². The zero-order chi connectivity index (χ0) is 19.7. The molecule has 0 saturated heterocycles. The van der Waals surface area contributed by atoms with Gasteiger partial charge < -0.3 is 24.8 Å². The van der Waals surface area contributed by atoms with E-state index in [1.807, 2.05) is 32.0 Å². The van der Waals surface area contributed by atoms with Crippen LogP contribution < -0.4 is 14.8 Å². The Morgan fingerprint density at radius 3 is 2.54 bits per heavy atom. The summed E-state index contributed by atoms with van der Waals surface area (Å²) in [5.41, 5.74) is 0.727. The monoisotopic (exact) mass is 366 g/mol. The van der Waals surface area contributed by atoms with Gasteiger partial charge in [0.05, 0.1) is 13.2 Å². The number of carbonyl (C=O) groups excluding carboxylic acids is 1. The van der Waals surface area contributed by atoms with Gasteiger partial charge in [-0.3, -0.25) is 4.79 Å². The number of amides is 1. The van der Waals surface area contributed by atoms with Gasteiger partial charge in [0.25, 0.3) is 5.91 Å². The summed E-state index contributed by atoms with van der Waals surface area (Å²) in [7, 11) is 3.41. The second-order valence-electron chi connectivity index (χ2n) is 7.03. The second-order valence-corrected chi connectivity index (χ2v) is 7.03. The third-order valence-electron chi connectivity index (χ3n) is 4.27. The van der Waals surface area contributed by atoms with E-state index in [9.17, 15) is 9.90 Å². The molecule has 1 aromatic carbocycles. The molecule has 148 valence electrons. The zero-order valence-corrected chi connectivity index (χ0v) is 17.0. The topological polar surface area (TPSA) is 71.0 Å². The molecule has 0 bridgehead atoms. The highest BCUT2D eigenvalue weighted by atomic mass is 16.5. The van der Waals surface area contributed by atoms with Crippen molar-refractivity contribution in [3.8, 4) is 11.5 Å². The van der Waals surface area contributed by atoms with Gasteiger partial charge in [-0.1, -0.05) is 19.4 Å². The van der Waals surface area contributed by atoms with Crippen LogP contribution in [0.1, 0.15) is 46.1 Å². The fourth-order valence-corrected chi connectivity index (χ4v) is 2.72. The molecular formula is C20H34N2O4. The van der Waals surface area contributed by atoms with Gasteiger partial charge in [0.1, 0.15) is 0 Å². The van der Waals surface area contributed by atoms with Crippen molar-refractivity contribution in [2.45, 2.75) is 58.7 Å². The molecule has 6 heteroatoms. The summed E-state index contributed by atoms with van der Waals surface area (Å²) in [4.78, 5) is 13.5. The van der Waals surface area contributed by atoms with Gasteiger partial charge in [-0.15, -0.1) is 0 Å². The van der Waals surface area contributed by atoms with E-state index in [4.69, 9.17) is 9.47 Å². The molecular weight excluding hydrogens is 332 g/mol. The zero-order valence-electron chi connectivity index (χ0n) is 17.0. The lowest BCUT2D eigenvalue weighted by Gasteiger charge is -2.28. The van der Waals surface area contributed by atoms with Crippen LogP contribution in [0.4, 0.5) is 0 Å². The molecule has 2 atom stereocenters. The van der Waals surface area contributed by atoms with Crippen molar-refractivity contribution in [2.75, 3.05) is 27.3 Å². The van der Waals surface area contributed by atoms with Crippen LogP contribution in [0.25, 0.3) is 0 Å². The Morgan fingerprint density at radius 2 is 2.00 bits per heavy atom. The Balaban J connectivity index is 2.89. The van der Waals surface area contributed by atoms with E-state index in [1.54, 1.807) is 21.0 Å². The number of ether oxygens (including phenoxy) is 2. The third-order valence-corrected chi connectivity index (χ3v) is 4.27. The molecule has 0 aliphatic rings. The van der Waals surface area contributed by atoms with Crippen molar-refractivity contribution >= 4 is 5.91 Å². The Kier molecular flexibility index (Phi) is 8.88. The average Bonchev–Trinajstić information content (AvgIpc) is 2.61. The van der Waals surface area contributed by atoms with Crippen molar-refractivity contribution in [1.82, 2.24) is 10.2 Å². The van der Waals surface area contributed by atoms with Crippen molar-refractivity contribution in [2.24, 2.45) is 0 Å². The first-order valence-corrected chi connectivity index (χ1v) is 9.25. The standard InChI is InChI=1S/C20H34N2O4/c1-7-11-20(4,14-23)21-13-16-9-10-17(18(12-16)25-8-2)26-15(3)19(24)22(5)6/h9-10,12,15,21,23H,7-8,11,13-14H2,1-6H3. The van der Waals surface area contributed by atoms with E-state index in [0.29, 0.717) is 24.7 Å². The fourth-order valence-electron chi connectivity index (χ4n) is 2.72. The lowest BCUT2D eigenvalue weighted by atomic mass is 9.97. The number of likely N-dealkylation sites (N-methyl/N-ethyl adjacent to an activating group) is 1. The Morgan fingerprint density at radius 1 is 1.31 bits per heavy atom. The van der Waals surface area contributed by atoms with E-state index < -0.39 is 6.10 Å². The third kappa shape index (κ3) is 6.50. The van der Waals surface area contributed by atoms with Crippen LogP contribution in [0, 0.1) is 0 Å². The molecule has 0 aliphatic heterocycles. The Labute approximate surface area is 157 Å². The number of aliphatic hydroxyl groups is 1. The van der Waals surface area contributed by atoms with Crippen LogP contribution in [-0.4, -0.2) is 54.9 Å². The van der Waals surface area contributed by atoms with Gasteiger partial charge in [-0.05, 0) is 44.9 Å². The van der Waals surface area contributed by atoms with Crippen LogP contribution in [-0.2, 0) is 11.3 Å². The summed E-state index contributed by atoms with van der Waals surface area (Å²) in [5.74, 6) is 1.07. The van der Waals surface area contributed by atoms with E-state index in [-0.39, 0.29) is 18.1 Å². The molecule has 0 heterocycles. The van der Waals surface area contributed by atoms with E-state index in [1.165, 1.54) is 4.90 Å². The highest BCUT2D eigenvalue weighted by Crippen LogP contribution is 2.30.